The van der Waals surface area contributed by atoms with Gasteiger partial charge in [-0.3, -0.25) is 9.59 Å². The number of carbonyl (C=O) groups is 2. The van der Waals surface area contributed by atoms with Crippen LogP contribution in [0.1, 0.15) is 16.5 Å². The van der Waals surface area contributed by atoms with Crippen molar-refractivity contribution in [3.63, 3.8) is 0 Å². The van der Waals surface area contributed by atoms with Crippen molar-refractivity contribution in [3.8, 4) is 5.75 Å². The lowest BCUT2D eigenvalue weighted by Gasteiger charge is -2.25. The van der Waals surface area contributed by atoms with E-state index in [0.29, 0.717) is 24.4 Å². The molecule has 2 aromatic rings. The Morgan fingerprint density at radius 3 is 2.67 bits per heavy atom. The van der Waals surface area contributed by atoms with Crippen LogP contribution in [-0.4, -0.2) is 60.9 Å². The minimum absolute atomic E-state index is 0.120. The minimum Gasteiger partial charge on any atom is -0.507 e. The smallest absolute Gasteiger partial charge is 0.295 e. The number of aliphatic hydroxyl groups is 1. The fraction of sp³-hybridized carbons (Fsp3) is 0.300. The van der Waals surface area contributed by atoms with Crippen LogP contribution in [0.3, 0.4) is 0 Å². The van der Waals surface area contributed by atoms with E-state index in [9.17, 15) is 14.7 Å². The second-order valence-electron chi connectivity index (χ2n) is 6.54. The van der Waals surface area contributed by atoms with Gasteiger partial charge in [-0.25, -0.2) is 0 Å². The summed E-state index contributed by atoms with van der Waals surface area (Å²) in [7, 11) is 5.35. The maximum atomic E-state index is 12.8. The van der Waals surface area contributed by atoms with Gasteiger partial charge in [0.05, 0.1) is 18.7 Å². The van der Waals surface area contributed by atoms with Crippen LogP contribution in [0.25, 0.3) is 5.76 Å². The van der Waals surface area contributed by atoms with Gasteiger partial charge >= 0.3 is 0 Å². The first-order chi connectivity index (χ1) is 12.9. The third-order valence-electron chi connectivity index (χ3n) is 4.48. The number of rotatable bonds is 6. The van der Waals surface area contributed by atoms with E-state index in [4.69, 9.17) is 4.74 Å². The average molecular weight is 386 g/mol. The Bertz CT molecular complexity index is 874. The standard InChI is InChI=1S/C20H22N2O4S/c1-21(2)9-10-22-17(15-8-5-11-27-15)16(19(24)20(22)25)18(23)13-6-4-7-14(12-13)26-3/h4-8,11-12,17,23H,9-10H2,1-3H3/t17-/m0/s1. The summed E-state index contributed by atoms with van der Waals surface area (Å²) in [5.74, 6) is -0.862. The minimum atomic E-state index is -0.660. The molecule has 0 bridgehead atoms. The highest BCUT2D eigenvalue weighted by Gasteiger charge is 2.46. The van der Waals surface area contributed by atoms with E-state index in [1.807, 2.05) is 36.5 Å². The summed E-state index contributed by atoms with van der Waals surface area (Å²) in [5.41, 5.74) is 0.566. The molecule has 3 rings (SSSR count). The molecule has 1 amide bonds. The van der Waals surface area contributed by atoms with Crippen molar-refractivity contribution in [2.24, 2.45) is 0 Å². The summed E-state index contributed by atoms with van der Waals surface area (Å²) in [5, 5.41) is 12.8. The van der Waals surface area contributed by atoms with Crippen LogP contribution < -0.4 is 4.74 Å². The van der Waals surface area contributed by atoms with Gasteiger partial charge in [0.15, 0.2) is 0 Å². The Hall–Kier alpha value is -2.64. The van der Waals surface area contributed by atoms with Crippen molar-refractivity contribution >= 4 is 28.8 Å². The predicted octanol–water partition coefficient (Wildman–Crippen LogP) is 2.74. The van der Waals surface area contributed by atoms with Crippen LogP contribution in [0.4, 0.5) is 0 Å². The molecule has 2 heterocycles. The fourth-order valence-corrected chi connectivity index (χ4v) is 3.93. The van der Waals surface area contributed by atoms with E-state index in [0.717, 1.165) is 4.88 Å². The highest BCUT2D eigenvalue weighted by atomic mass is 32.1. The number of ether oxygens (including phenoxy) is 1. The van der Waals surface area contributed by atoms with Crippen LogP contribution >= 0.6 is 11.3 Å². The molecule has 1 saturated heterocycles. The predicted molar refractivity (Wildman–Crippen MR) is 105 cm³/mol. The Labute approximate surface area is 162 Å². The lowest BCUT2D eigenvalue weighted by molar-refractivity contribution is -0.140. The number of ketones is 1. The van der Waals surface area contributed by atoms with Crippen molar-refractivity contribution in [3.05, 3.63) is 57.8 Å². The zero-order valence-electron chi connectivity index (χ0n) is 15.5. The monoisotopic (exact) mass is 386 g/mol. The number of hydrogen-bond donors (Lipinski definition) is 1. The number of nitrogens with zero attached hydrogens (tertiary/aromatic N) is 2. The highest BCUT2D eigenvalue weighted by Crippen LogP contribution is 2.41. The van der Waals surface area contributed by atoms with E-state index in [-0.39, 0.29) is 11.3 Å². The molecular weight excluding hydrogens is 364 g/mol. The fourth-order valence-electron chi connectivity index (χ4n) is 3.09. The highest BCUT2D eigenvalue weighted by molar-refractivity contribution is 7.10. The molecule has 142 valence electrons. The van der Waals surface area contributed by atoms with Gasteiger partial charge in [0.25, 0.3) is 11.7 Å². The van der Waals surface area contributed by atoms with Gasteiger partial charge in [-0.15, -0.1) is 11.3 Å². The largest absolute Gasteiger partial charge is 0.507 e. The summed E-state index contributed by atoms with van der Waals surface area (Å²) in [6, 6.07) is 9.99. The number of likely N-dealkylation sites (tertiary alicyclic amines) is 1. The lowest BCUT2D eigenvalue weighted by atomic mass is 10.00. The molecule has 1 aromatic heterocycles. The van der Waals surface area contributed by atoms with E-state index >= 15 is 0 Å². The summed E-state index contributed by atoms with van der Waals surface area (Å²) >= 11 is 1.46. The number of amides is 1. The van der Waals surface area contributed by atoms with E-state index in [2.05, 4.69) is 0 Å². The SMILES string of the molecule is COc1cccc(C(O)=C2C(=O)C(=O)N(CCN(C)C)[C@H]2c2cccs2)c1. The first-order valence-electron chi connectivity index (χ1n) is 8.55. The number of hydrogen-bond acceptors (Lipinski definition) is 6. The molecule has 0 radical (unpaired) electrons. The molecule has 1 aliphatic heterocycles. The van der Waals surface area contributed by atoms with E-state index < -0.39 is 17.7 Å². The number of methoxy groups -OCH3 is 1. The topological polar surface area (TPSA) is 70.1 Å². The second-order valence-corrected chi connectivity index (χ2v) is 7.52. The van der Waals surface area contributed by atoms with Gasteiger partial charge in [-0.05, 0) is 37.7 Å². The number of Topliss-reactive ketones (excluding diaryl/α,β-unsaturated/α-hetero) is 1. The van der Waals surface area contributed by atoms with Gasteiger partial charge in [0.1, 0.15) is 11.5 Å². The molecule has 7 heteroatoms. The summed E-state index contributed by atoms with van der Waals surface area (Å²) < 4.78 is 5.20. The number of carbonyl (C=O) groups excluding carboxylic acids is 2. The van der Waals surface area contributed by atoms with E-state index in [1.165, 1.54) is 18.4 Å². The Morgan fingerprint density at radius 2 is 2.04 bits per heavy atom. The molecular formula is C20H22N2O4S. The van der Waals surface area contributed by atoms with Gasteiger partial charge in [-0.2, -0.15) is 0 Å². The van der Waals surface area contributed by atoms with Crippen molar-refractivity contribution < 1.29 is 19.4 Å². The third kappa shape index (κ3) is 3.74. The van der Waals surface area contributed by atoms with Crippen molar-refractivity contribution in [2.45, 2.75) is 6.04 Å². The molecule has 1 N–H and O–H groups in total. The Balaban J connectivity index is 2.10. The summed E-state index contributed by atoms with van der Waals surface area (Å²) in [4.78, 5) is 29.8. The molecule has 6 nitrogen and oxygen atoms in total. The normalized spacial score (nSPS) is 19.1. The molecule has 0 saturated carbocycles. The molecule has 0 aliphatic carbocycles. The van der Waals surface area contributed by atoms with Gasteiger partial charge in [0.2, 0.25) is 0 Å². The molecule has 1 aliphatic rings. The third-order valence-corrected chi connectivity index (χ3v) is 5.41. The van der Waals surface area contributed by atoms with Gasteiger partial charge in [0, 0.05) is 23.5 Å². The molecule has 27 heavy (non-hydrogen) atoms. The summed E-state index contributed by atoms with van der Waals surface area (Å²) in [6.07, 6.45) is 0. The number of aliphatic hydroxyl groups excluding tert-OH is 1. The van der Waals surface area contributed by atoms with Crippen LogP contribution in [0.2, 0.25) is 0 Å². The number of benzene rings is 1. The van der Waals surface area contributed by atoms with Gasteiger partial charge < -0.3 is 19.6 Å². The Morgan fingerprint density at radius 1 is 1.26 bits per heavy atom. The van der Waals surface area contributed by atoms with Crippen LogP contribution in [0.15, 0.2) is 47.4 Å². The van der Waals surface area contributed by atoms with Crippen LogP contribution in [0.5, 0.6) is 5.75 Å². The number of likely N-dealkylation sites (N-methyl/N-ethyl adjacent to an activating group) is 1. The zero-order valence-corrected chi connectivity index (χ0v) is 16.3. The molecule has 1 fully saturated rings. The van der Waals surface area contributed by atoms with Crippen molar-refractivity contribution in [1.29, 1.82) is 0 Å². The van der Waals surface area contributed by atoms with Crippen LogP contribution in [-0.2, 0) is 9.59 Å². The van der Waals surface area contributed by atoms with Crippen molar-refractivity contribution in [1.82, 2.24) is 9.80 Å². The molecule has 0 spiro atoms. The quantitative estimate of drug-likeness (QED) is 0.470. The second kappa shape index (κ2) is 7.94. The van der Waals surface area contributed by atoms with Crippen LogP contribution in [0, 0.1) is 0 Å². The van der Waals surface area contributed by atoms with E-state index in [1.54, 1.807) is 29.2 Å². The first-order valence-corrected chi connectivity index (χ1v) is 9.43. The number of thiophene rings is 1. The van der Waals surface area contributed by atoms with Crippen molar-refractivity contribution in [2.75, 3.05) is 34.3 Å². The first kappa shape index (κ1) is 19.1. The lowest BCUT2D eigenvalue weighted by Crippen LogP contribution is -2.35. The average Bonchev–Trinajstić information content (AvgIpc) is 3.27. The molecule has 0 unspecified atom stereocenters. The molecule has 1 aromatic carbocycles. The molecule has 1 atom stereocenters. The Kier molecular flexibility index (Phi) is 5.62. The zero-order chi connectivity index (χ0) is 19.6. The maximum absolute atomic E-state index is 12.8. The van der Waals surface area contributed by atoms with Gasteiger partial charge in [-0.1, -0.05) is 18.2 Å². The maximum Gasteiger partial charge on any atom is 0.295 e. The summed E-state index contributed by atoms with van der Waals surface area (Å²) in [6.45, 7) is 1.02.